The fourth-order valence-electron chi connectivity index (χ4n) is 3.03. The lowest BCUT2D eigenvalue weighted by Crippen LogP contribution is -2.13. The Hall–Kier alpha value is -1.12. The molecule has 1 N–H and O–H groups in total. The molecule has 16 heavy (non-hydrogen) atoms. The standard InChI is InChI=1S/C13H18O3/c1-7-3-4-9(13(15)16)5-11-8(2)12(14)6-10(7)11/h7,9-10H,3-6H2,1-2H3,(H,15,16)/t7-,9+,10-/m0/s1. The van der Waals surface area contributed by atoms with Gasteiger partial charge in [-0.05, 0) is 43.6 Å². The van der Waals surface area contributed by atoms with Crippen LogP contribution in [0.5, 0.6) is 0 Å². The van der Waals surface area contributed by atoms with Crippen LogP contribution in [0.4, 0.5) is 0 Å². The average Bonchev–Trinajstić information content (AvgIpc) is 2.42. The summed E-state index contributed by atoms with van der Waals surface area (Å²) >= 11 is 0. The first kappa shape index (κ1) is 11.4. The molecular weight excluding hydrogens is 204 g/mol. The van der Waals surface area contributed by atoms with Gasteiger partial charge in [-0.1, -0.05) is 12.5 Å². The molecule has 0 heterocycles. The smallest absolute Gasteiger partial charge is 0.306 e. The Kier molecular flexibility index (Phi) is 2.87. The quantitative estimate of drug-likeness (QED) is 0.741. The summed E-state index contributed by atoms with van der Waals surface area (Å²) in [7, 11) is 0. The third-order valence-electron chi connectivity index (χ3n) is 4.23. The van der Waals surface area contributed by atoms with Crippen LogP contribution in [0.15, 0.2) is 11.1 Å². The monoisotopic (exact) mass is 222 g/mol. The molecule has 2 aliphatic rings. The van der Waals surface area contributed by atoms with Gasteiger partial charge in [0.05, 0.1) is 5.92 Å². The lowest BCUT2D eigenvalue weighted by Gasteiger charge is -2.17. The van der Waals surface area contributed by atoms with E-state index in [0.29, 0.717) is 24.7 Å². The van der Waals surface area contributed by atoms with E-state index in [1.165, 1.54) is 0 Å². The number of hydrogen-bond acceptors (Lipinski definition) is 2. The zero-order valence-corrected chi connectivity index (χ0v) is 9.82. The predicted molar refractivity (Wildman–Crippen MR) is 60.0 cm³/mol. The van der Waals surface area contributed by atoms with Crippen molar-refractivity contribution in [2.75, 3.05) is 0 Å². The van der Waals surface area contributed by atoms with Gasteiger partial charge in [0.2, 0.25) is 0 Å². The van der Waals surface area contributed by atoms with Crippen molar-refractivity contribution in [2.45, 2.75) is 39.5 Å². The molecule has 2 rings (SSSR count). The van der Waals surface area contributed by atoms with Gasteiger partial charge in [0.1, 0.15) is 0 Å². The lowest BCUT2D eigenvalue weighted by molar-refractivity contribution is -0.141. The average molecular weight is 222 g/mol. The van der Waals surface area contributed by atoms with Crippen molar-refractivity contribution >= 4 is 11.8 Å². The van der Waals surface area contributed by atoms with Crippen molar-refractivity contribution in [3.63, 3.8) is 0 Å². The summed E-state index contributed by atoms with van der Waals surface area (Å²) in [5.74, 6) is -0.0220. The molecule has 3 nitrogen and oxygen atoms in total. The van der Waals surface area contributed by atoms with E-state index in [-0.39, 0.29) is 11.7 Å². The van der Waals surface area contributed by atoms with Crippen LogP contribution >= 0.6 is 0 Å². The van der Waals surface area contributed by atoms with Crippen molar-refractivity contribution in [1.29, 1.82) is 0 Å². The fraction of sp³-hybridized carbons (Fsp3) is 0.692. The second-order valence-electron chi connectivity index (χ2n) is 5.18. The maximum atomic E-state index is 11.7. The van der Waals surface area contributed by atoms with Crippen LogP contribution in [0, 0.1) is 17.8 Å². The van der Waals surface area contributed by atoms with Crippen molar-refractivity contribution in [3.05, 3.63) is 11.1 Å². The summed E-state index contributed by atoms with van der Waals surface area (Å²) in [6, 6.07) is 0. The van der Waals surface area contributed by atoms with Crippen LogP contribution < -0.4 is 0 Å². The Bertz CT molecular complexity index is 367. The molecule has 3 atom stereocenters. The summed E-state index contributed by atoms with van der Waals surface area (Å²) in [5.41, 5.74) is 1.97. The van der Waals surface area contributed by atoms with Gasteiger partial charge < -0.3 is 5.11 Å². The van der Waals surface area contributed by atoms with Gasteiger partial charge in [0.15, 0.2) is 5.78 Å². The molecule has 0 bridgehead atoms. The molecule has 0 aromatic carbocycles. The molecular formula is C13H18O3. The summed E-state index contributed by atoms with van der Waals surface area (Å²) < 4.78 is 0. The van der Waals surface area contributed by atoms with E-state index in [4.69, 9.17) is 5.11 Å². The molecule has 0 unspecified atom stereocenters. The van der Waals surface area contributed by atoms with Crippen LogP contribution in [-0.4, -0.2) is 16.9 Å². The number of hydrogen-bond donors (Lipinski definition) is 1. The molecule has 0 spiro atoms. The first-order chi connectivity index (χ1) is 7.50. The van der Waals surface area contributed by atoms with Gasteiger partial charge in [-0.2, -0.15) is 0 Å². The minimum atomic E-state index is -0.715. The number of carboxylic acid groups (broad SMARTS) is 1. The van der Waals surface area contributed by atoms with Crippen LogP contribution in [0.3, 0.4) is 0 Å². The number of carbonyl (C=O) groups excluding carboxylic acids is 1. The largest absolute Gasteiger partial charge is 0.481 e. The maximum absolute atomic E-state index is 11.7. The van der Waals surface area contributed by atoms with E-state index >= 15 is 0 Å². The molecule has 1 fully saturated rings. The van der Waals surface area contributed by atoms with Crippen LogP contribution in [0.2, 0.25) is 0 Å². The van der Waals surface area contributed by atoms with Gasteiger partial charge in [-0.3, -0.25) is 9.59 Å². The molecule has 0 radical (unpaired) electrons. The Morgan fingerprint density at radius 2 is 2.00 bits per heavy atom. The number of fused-ring (bicyclic) bond motifs is 1. The Morgan fingerprint density at radius 1 is 1.31 bits per heavy atom. The number of ketones is 1. The van der Waals surface area contributed by atoms with Crippen molar-refractivity contribution < 1.29 is 14.7 Å². The summed E-state index contributed by atoms with van der Waals surface area (Å²) in [6.45, 7) is 4.00. The molecule has 88 valence electrons. The zero-order chi connectivity index (χ0) is 11.9. The Morgan fingerprint density at radius 3 is 2.62 bits per heavy atom. The number of aliphatic carboxylic acids is 1. The van der Waals surface area contributed by atoms with E-state index in [1.54, 1.807) is 0 Å². The number of Topliss-reactive ketones (excluding diaryl/α,β-unsaturated/α-hetero) is 1. The van der Waals surface area contributed by atoms with E-state index in [0.717, 1.165) is 24.0 Å². The van der Waals surface area contributed by atoms with Crippen LogP contribution in [0.1, 0.15) is 39.5 Å². The van der Waals surface area contributed by atoms with Gasteiger partial charge in [-0.25, -0.2) is 0 Å². The summed E-state index contributed by atoms with van der Waals surface area (Å²) in [4.78, 5) is 22.8. The highest BCUT2D eigenvalue weighted by atomic mass is 16.4. The van der Waals surface area contributed by atoms with Gasteiger partial charge in [0.25, 0.3) is 0 Å². The molecule has 0 aromatic rings. The molecule has 2 aliphatic carbocycles. The lowest BCUT2D eigenvalue weighted by atomic mass is 9.86. The topological polar surface area (TPSA) is 54.4 Å². The highest BCUT2D eigenvalue weighted by Crippen LogP contribution is 2.43. The molecule has 0 aromatic heterocycles. The predicted octanol–water partition coefficient (Wildman–Crippen LogP) is 2.41. The van der Waals surface area contributed by atoms with Crippen LogP contribution in [-0.2, 0) is 9.59 Å². The second-order valence-corrected chi connectivity index (χ2v) is 5.18. The zero-order valence-electron chi connectivity index (χ0n) is 9.82. The number of carbonyl (C=O) groups is 2. The van der Waals surface area contributed by atoms with Crippen molar-refractivity contribution in [1.82, 2.24) is 0 Å². The van der Waals surface area contributed by atoms with Crippen LogP contribution in [0.25, 0.3) is 0 Å². The normalized spacial score (nSPS) is 34.9. The Balaban J connectivity index is 2.31. The van der Waals surface area contributed by atoms with E-state index in [1.807, 2.05) is 6.92 Å². The van der Waals surface area contributed by atoms with E-state index < -0.39 is 5.97 Å². The highest BCUT2D eigenvalue weighted by molar-refractivity contribution is 5.98. The second kappa shape index (κ2) is 4.04. The number of allylic oxidation sites excluding steroid dienone is 2. The maximum Gasteiger partial charge on any atom is 0.306 e. The molecule has 0 amide bonds. The van der Waals surface area contributed by atoms with Gasteiger partial charge in [0, 0.05) is 6.42 Å². The summed E-state index contributed by atoms with van der Waals surface area (Å²) in [5, 5.41) is 9.11. The van der Waals surface area contributed by atoms with Gasteiger partial charge >= 0.3 is 5.97 Å². The minimum Gasteiger partial charge on any atom is -0.481 e. The van der Waals surface area contributed by atoms with E-state index in [2.05, 4.69) is 6.92 Å². The highest BCUT2D eigenvalue weighted by Gasteiger charge is 2.38. The number of rotatable bonds is 1. The van der Waals surface area contributed by atoms with Crippen molar-refractivity contribution in [2.24, 2.45) is 17.8 Å². The van der Waals surface area contributed by atoms with Crippen molar-refractivity contribution in [3.8, 4) is 0 Å². The molecule has 1 saturated carbocycles. The first-order valence-corrected chi connectivity index (χ1v) is 5.96. The SMILES string of the molecule is CC1=C2C[C@H](C(=O)O)CC[C@H](C)[C@@H]2CC1=O. The third-order valence-corrected chi connectivity index (χ3v) is 4.23. The fourth-order valence-corrected chi connectivity index (χ4v) is 3.03. The van der Waals surface area contributed by atoms with E-state index in [9.17, 15) is 9.59 Å². The molecule has 0 saturated heterocycles. The Labute approximate surface area is 95.5 Å². The molecule has 3 heteroatoms. The number of carboxylic acids is 1. The minimum absolute atomic E-state index is 0.220. The third kappa shape index (κ3) is 1.79. The van der Waals surface area contributed by atoms with Gasteiger partial charge in [-0.15, -0.1) is 0 Å². The first-order valence-electron chi connectivity index (χ1n) is 5.96. The summed E-state index contributed by atoms with van der Waals surface area (Å²) in [6.07, 6.45) is 2.86. The molecule has 0 aliphatic heterocycles.